The molecule has 0 aliphatic carbocycles. The first-order valence-electron chi connectivity index (χ1n) is 7.21. The Hall–Kier alpha value is -2.43. The summed E-state index contributed by atoms with van der Waals surface area (Å²) in [4.78, 5) is 27.9. The minimum Gasteiger partial charge on any atom is -0.267 e. The topological polar surface area (TPSA) is 71.1 Å². The van der Waals surface area contributed by atoms with Crippen LogP contribution in [0.5, 0.6) is 0 Å². The van der Waals surface area contributed by atoms with Crippen molar-refractivity contribution in [1.29, 1.82) is 0 Å². The standard InChI is InChI=1S/C16H9ClF3N3O2S2/c17-11-5-9(16(18,19)20)1-2-10(11)15-21-12(7-27-15)14(25)23-22-13(24)8-3-4-26-6-8/h1-7H,(H,22,24)(H,23,25). The van der Waals surface area contributed by atoms with E-state index in [1.54, 1.807) is 16.8 Å². The van der Waals surface area contributed by atoms with Crippen LogP contribution >= 0.6 is 34.3 Å². The summed E-state index contributed by atoms with van der Waals surface area (Å²) in [5.41, 5.74) is 4.27. The quantitative estimate of drug-likeness (QED) is 0.594. The van der Waals surface area contributed by atoms with Crippen molar-refractivity contribution in [3.05, 3.63) is 62.2 Å². The van der Waals surface area contributed by atoms with Gasteiger partial charge in [-0.25, -0.2) is 4.98 Å². The number of amides is 2. The first kappa shape index (κ1) is 19.3. The van der Waals surface area contributed by atoms with Gasteiger partial charge < -0.3 is 0 Å². The van der Waals surface area contributed by atoms with Crippen LogP contribution < -0.4 is 10.9 Å². The predicted octanol–water partition coefficient (Wildman–Crippen LogP) is 4.62. The van der Waals surface area contributed by atoms with Crippen molar-refractivity contribution in [2.24, 2.45) is 0 Å². The molecule has 3 aromatic rings. The van der Waals surface area contributed by atoms with Crippen molar-refractivity contribution in [3.8, 4) is 10.6 Å². The molecule has 0 bridgehead atoms. The predicted molar refractivity (Wildman–Crippen MR) is 96.8 cm³/mol. The molecular weight excluding hydrogens is 423 g/mol. The smallest absolute Gasteiger partial charge is 0.267 e. The first-order chi connectivity index (χ1) is 12.8. The lowest BCUT2D eigenvalue weighted by molar-refractivity contribution is -0.137. The Morgan fingerprint density at radius 3 is 2.44 bits per heavy atom. The van der Waals surface area contributed by atoms with Gasteiger partial charge in [0, 0.05) is 16.3 Å². The second kappa shape index (κ2) is 7.67. The number of thiophene rings is 1. The van der Waals surface area contributed by atoms with Gasteiger partial charge in [-0.2, -0.15) is 24.5 Å². The third kappa shape index (κ3) is 4.46. The van der Waals surface area contributed by atoms with Gasteiger partial charge in [-0.3, -0.25) is 20.4 Å². The lowest BCUT2D eigenvalue weighted by Gasteiger charge is -2.08. The monoisotopic (exact) mass is 431 g/mol. The van der Waals surface area contributed by atoms with E-state index in [0.29, 0.717) is 5.56 Å². The van der Waals surface area contributed by atoms with Crippen LogP contribution in [0.2, 0.25) is 5.02 Å². The van der Waals surface area contributed by atoms with E-state index in [-0.39, 0.29) is 21.3 Å². The maximum atomic E-state index is 12.7. The fourth-order valence-electron chi connectivity index (χ4n) is 2.01. The number of thiazole rings is 1. The van der Waals surface area contributed by atoms with Gasteiger partial charge in [0.2, 0.25) is 0 Å². The Bertz CT molecular complexity index is 987. The number of nitrogens with one attached hydrogen (secondary N) is 2. The second-order valence-electron chi connectivity index (χ2n) is 5.15. The molecule has 0 saturated heterocycles. The number of rotatable bonds is 3. The van der Waals surface area contributed by atoms with Gasteiger partial charge in [0.05, 0.1) is 16.1 Å². The van der Waals surface area contributed by atoms with Gasteiger partial charge in [-0.1, -0.05) is 11.6 Å². The zero-order chi connectivity index (χ0) is 19.6. The van der Waals surface area contributed by atoms with E-state index in [9.17, 15) is 22.8 Å². The first-order valence-corrected chi connectivity index (χ1v) is 9.41. The molecule has 2 amide bonds. The molecule has 11 heteroatoms. The van der Waals surface area contributed by atoms with Crippen LogP contribution in [0.4, 0.5) is 13.2 Å². The summed E-state index contributed by atoms with van der Waals surface area (Å²) in [5, 5.41) is 4.90. The Kier molecular flexibility index (Phi) is 5.49. The molecule has 0 fully saturated rings. The van der Waals surface area contributed by atoms with E-state index < -0.39 is 23.6 Å². The average Bonchev–Trinajstić information content (AvgIpc) is 3.30. The number of hydrogen-bond acceptors (Lipinski definition) is 5. The number of aromatic nitrogens is 1. The Balaban J connectivity index is 1.71. The number of benzene rings is 1. The highest BCUT2D eigenvalue weighted by atomic mass is 35.5. The molecule has 0 aliphatic rings. The fourth-order valence-corrected chi connectivity index (χ4v) is 3.81. The van der Waals surface area contributed by atoms with Crippen molar-refractivity contribution in [2.45, 2.75) is 6.18 Å². The highest BCUT2D eigenvalue weighted by Crippen LogP contribution is 2.36. The van der Waals surface area contributed by atoms with Crippen LogP contribution in [-0.4, -0.2) is 16.8 Å². The molecule has 0 unspecified atom stereocenters. The molecule has 2 N–H and O–H groups in total. The van der Waals surface area contributed by atoms with Crippen molar-refractivity contribution in [1.82, 2.24) is 15.8 Å². The molecule has 140 valence electrons. The number of carbonyl (C=O) groups excluding carboxylic acids is 2. The van der Waals surface area contributed by atoms with Crippen LogP contribution in [0, 0.1) is 0 Å². The van der Waals surface area contributed by atoms with E-state index in [1.165, 1.54) is 22.8 Å². The molecule has 27 heavy (non-hydrogen) atoms. The van der Waals surface area contributed by atoms with Gasteiger partial charge >= 0.3 is 6.18 Å². The maximum absolute atomic E-state index is 12.7. The highest BCUT2D eigenvalue weighted by molar-refractivity contribution is 7.13. The van der Waals surface area contributed by atoms with Gasteiger partial charge in [0.1, 0.15) is 10.7 Å². The molecule has 0 spiro atoms. The lowest BCUT2D eigenvalue weighted by atomic mass is 10.1. The molecule has 3 rings (SSSR count). The molecule has 0 radical (unpaired) electrons. The van der Waals surface area contributed by atoms with E-state index in [1.807, 2.05) is 0 Å². The Morgan fingerprint density at radius 1 is 1.07 bits per heavy atom. The summed E-state index contributed by atoms with van der Waals surface area (Å²) in [6.07, 6.45) is -4.50. The third-order valence-corrected chi connectivity index (χ3v) is 5.21. The number of hydrazine groups is 1. The molecule has 2 aromatic heterocycles. The Labute approximate surface area is 163 Å². The molecule has 5 nitrogen and oxygen atoms in total. The number of nitrogens with zero attached hydrogens (tertiary/aromatic N) is 1. The van der Waals surface area contributed by atoms with Crippen LogP contribution in [0.25, 0.3) is 10.6 Å². The number of carbonyl (C=O) groups is 2. The highest BCUT2D eigenvalue weighted by Gasteiger charge is 2.31. The second-order valence-corrected chi connectivity index (χ2v) is 7.20. The number of alkyl halides is 3. The van der Waals surface area contributed by atoms with Crippen molar-refractivity contribution < 1.29 is 22.8 Å². The molecule has 0 saturated carbocycles. The van der Waals surface area contributed by atoms with E-state index in [2.05, 4.69) is 15.8 Å². The maximum Gasteiger partial charge on any atom is 0.416 e. The zero-order valence-electron chi connectivity index (χ0n) is 13.1. The summed E-state index contributed by atoms with van der Waals surface area (Å²) >= 11 is 8.31. The molecule has 1 aromatic carbocycles. The molecule has 0 aliphatic heterocycles. The SMILES string of the molecule is O=C(NNC(=O)c1csc(-c2ccc(C(F)(F)F)cc2Cl)n1)c1ccsc1. The van der Waals surface area contributed by atoms with E-state index >= 15 is 0 Å². The normalized spacial score (nSPS) is 11.3. The van der Waals surface area contributed by atoms with Gasteiger partial charge in [0.25, 0.3) is 11.8 Å². The minimum absolute atomic E-state index is 0.00316. The van der Waals surface area contributed by atoms with Crippen molar-refractivity contribution in [3.63, 3.8) is 0 Å². The van der Waals surface area contributed by atoms with Crippen LogP contribution in [0.1, 0.15) is 26.4 Å². The van der Waals surface area contributed by atoms with Crippen LogP contribution in [-0.2, 0) is 6.18 Å². The molecular formula is C16H9ClF3N3O2S2. The van der Waals surface area contributed by atoms with Crippen molar-refractivity contribution >= 4 is 46.1 Å². The number of hydrogen-bond donors (Lipinski definition) is 2. The summed E-state index contributed by atoms with van der Waals surface area (Å²) in [6.45, 7) is 0. The van der Waals surface area contributed by atoms with Crippen molar-refractivity contribution in [2.75, 3.05) is 0 Å². The summed E-state index contributed by atoms with van der Waals surface area (Å²) in [6, 6.07) is 4.49. The minimum atomic E-state index is -4.50. The largest absolute Gasteiger partial charge is 0.416 e. The van der Waals surface area contributed by atoms with E-state index in [0.717, 1.165) is 23.5 Å². The van der Waals surface area contributed by atoms with Crippen LogP contribution in [0.3, 0.4) is 0 Å². The van der Waals surface area contributed by atoms with Gasteiger partial charge in [-0.15, -0.1) is 11.3 Å². The van der Waals surface area contributed by atoms with Gasteiger partial charge in [-0.05, 0) is 29.6 Å². The Morgan fingerprint density at radius 2 is 1.81 bits per heavy atom. The van der Waals surface area contributed by atoms with Crippen LogP contribution in [0.15, 0.2) is 40.4 Å². The summed E-state index contributed by atoms with van der Waals surface area (Å²) < 4.78 is 38.1. The lowest BCUT2D eigenvalue weighted by Crippen LogP contribution is -2.41. The summed E-state index contributed by atoms with van der Waals surface area (Å²) in [5.74, 6) is -1.14. The van der Waals surface area contributed by atoms with Gasteiger partial charge in [0.15, 0.2) is 0 Å². The summed E-state index contributed by atoms with van der Waals surface area (Å²) in [7, 11) is 0. The molecule has 2 heterocycles. The molecule has 0 atom stereocenters. The fraction of sp³-hybridized carbons (Fsp3) is 0.0625. The van der Waals surface area contributed by atoms with E-state index in [4.69, 9.17) is 11.6 Å². The average molecular weight is 432 g/mol. The third-order valence-electron chi connectivity index (χ3n) is 3.34. The zero-order valence-corrected chi connectivity index (χ0v) is 15.5. The number of halogens is 4.